The van der Waals surface area contributed by atoms with Crippen molar-refractivity contribution in [3.05, 3.63) is 35.6 Å². The van der Waals surface area contributed by atoms with Gasteiger partial charge in [-0.2, -0.15) is 0 Å². The monoisotopic (exact) mass is 257 g/mol. The topological polar surface area (TPSA) is 107 Å². The molecule has 0 bridgehead atoms. The average Bonchev–Trinajstić information content (AvgIpc) is 2.28. The van der Waals surface area contributed by atoms with E-state index in [0.29, 0.717) is 0 Å². The SMILES string of the molecule is O=C(O)CNC(c1cccc(F)c1)C(O)C(=O)O. The molecule has 1 aromatic carbocycles. The van der Waals surface area contributed by atoms with Crippen LogP contribution in [0.4, 0.5) is 4.39 Å². The maximum absolute atomic E-state index is 13.0. The number of aliphatic hydroxyl groups is 1. The molecule has 0 radical (unpaired) electrons. The van der Waals surface area contributed by atoms with Crippen molar-refractivity contribution < 1.29 is 29.3 Å². The summed E-state index contributed by atoms with van der Waals surface area (Å²) in [6.45, 7) is -0.550. The molecule has 0 saturated carbocycles. The molecule has 6 nitrogen and oxygen atoms in total. The van der Waals surface area contributed by atoms with Gasteiger partial charge in [-0.25, -0.2) is 9.18 Å². The molecular formula is C11H12FNO5. The molecule has 18 heavy (non-hydrogen) atoms. The van der Waals surface area contributed by atoms with E-state index in [0.717, 1.165) is 12.1 Å². The molecule has 0 amide bonds. The summed E-state index contributed by atoms with van der Waals surface area (Å²) in [5.74, 6) is -3.34. The number of carboxylic acids is 2. The highest BCUT2D eigenvalue weighted by atomic mass is 19.1. The first kappa shape index (κ1) is 14.1. The van der Waals surface area contributed by atoms with Gasteiger partial charge in [0.15, 0.2) is 6.10 Å². The molecule has 0 heterocycles. The first-order chi connectivity index (χ1) is 8.41. The summed E-state index contributed by atoms with van der Waals surface area (Å²) in [5, 5.41) is 29.0. The minimum atomic E-state index is -1.87. The zero-order valence-electron chi connectivity index (χ0n) is 9.21. The van der Waals surface area contributed by atoms with Crippen molar-refractivity contribution in [3.8, 4) is 0 Å². The molecule has 0 spiro atoms. The van der Waals surface area contributed by atoms with Crippen LogP contribution in [-0.4, -0.2) is 39.9 Å². The van der Waals surface area contributed by atoms with Crippen molar-refractivity contribution >= 4 is 11.9 Å². The van der Waals surface area contributed by atoms with Gasteiger partial charge in [0.25, 0.3) is 0 Å². The van der Waals surface area contributed by atoms with E-state index in [-0.39, 0.29) is 5.56 Å². The summed E-state index contributed by atoms with van der Waals surface area (Å²) >= 11 is 0. The van der Waals surface area contributed by atoms with Crippen molar-refractivity contribution in [2.75, 3.05) is 6.54 Å². The van der Waals surface area contributed by atoms with Crippen LogP contribution in [0.1, 0.15) is 11.6 Å². The van der Waals surface area contributed by atoms with E-state index >= 15 is 0 Å². The molecule has 2 unspecified atom stereocenters. The van der Waals surface area contributed by atoms with Crippen molar-refractivity contribution in [2.24, 2.45) is 0 Å². The molecule has 4 N–H and O–H groups in total. The lowest BCUT2D eigenvalue weighted by Crippen LogP contribution is -2.39. The summed E-state index contributed by atoms with van der Waals surface area (Å²) in [7, 11) is 0. The first-order valence-electron chi connectivity index (χ1n) is 5.03. The molecule has 0 saturated heterocycles. The zero-order valence-corrected chi connectivity index (χ0v) is 9.21. The Morgan fingerprint density at radius 1 is 1.33 bits per heavy atom. The molecule has 0 aliphatic rings. The number of halogens is 1. The van der Waals surface area contributed by atoms with Crippen LogP contribution >= 0.6 is 0 Å². The van der Waals surface area contributed by atoms with Gasteiger partial charge in [-0.3, -0.25) is 10.1 Å². The molecule has 7 heteroatoms. The lowest BCUT2D eigenvalue weighted by molar-refractivity contribution is -0.149. The van der Waals surface area contributed by atoms with Crippen molar-refractivity contribution in [3.63, 3.8) is 0 Å². The van der Waals surface area contributed by atoms with Gasteiger partial charge in [-0.15, -0.1) is 0 Å². The number of aliphatic hydroxyl groups excluding tert-OH is 1. The van der Waals surface area contributed by atoms with E-state index in [2.05, 4.69) is 5.32 Å². The molecule has 0 aliphatic carbocycles. The Morgan fingerprint density at radius 2 is 2.00 bits per heavy atom. The minimum Gasteiger partial charge on any atom is -0.480 e. The summed E-state index contributed by atoms with van der Waals surface area (Å²) in [5.41, 5.74) is 0.158. The van der Waals surface area contributed by atoms with Crippen molar-refractivity contribution in [1.82, 2.24) is 5.32 Å². The molecule has 1 aromatic rings. The Kier molecular flexibility index (Phi) is 4.75. The minimum absolute atomic E-state index is 0.158. The summed E-state index contributed by atoms with van der Waals surface area (Å²) in [6.07, 6.45) is -1.87. The molecule has 1 rings (SSSR count). The largest absolute Gasteiger partial charge is 0.480 e. The van der Waals surface area contributed by atoms with Crippen LogP contribution in [0.3, 0.4) is 0 Å². The van der Waals surface area contributed by atoms with Gasteiger partial charge in [0.1, 0.15) is 5.82 Å². The fourth-order valence-electron chi connectivity index (χ4n) is 1.45. The molecule has 98 valence electrons. The fraction of sp³-hybridized carbons (Fsp3) is 0.273. The number of aliphatic carboxylic acids is 2. The Balaban J connectivity index is 2.96. The smallest absolute Gasteiger partial charge is 0.334 e. The standard InChI is InChI=1S/C11H12FNO5/c12-7-3-1-2-6(4-7)9(10(16)11(17)18)13-5-8(14)15/h1-4,9-10,13,16H,5H2,(H,14,15)(H,17,18). The van der Waals surface area contributed by atoms with Crippen molar-refractivity contribution in [2.45, 2.75) is 12.1 Å². The maximum Gasteiger partial charge on any atom is 0.334 e. The van der Waals surface area contributed by atoms with Gasteiger partial charge in [0, 0.05) is 0 Å². The summed E-state index contributed by atoms with van der Waals surface area (Å²) in [6, 6.07) is 3.73. The summed E-state index contributed by atoms with van der Waals surface area (Å²) in [4.78, 5) is 21.1. The molecule has 0 aliphatic heterocycles. The number of rotatable bonds is 6. The first-order valence-corrected chi connectivity index (χ1v) is 5.03. The molecular weight excluding hydrogens is 245 g/mol. The molecule has 0 aromatic heterocycles. The third kappa shape index (κ3) is 3.79. The van der Waals surface area contributed by atoms with Gasteiger partial charge in [0.05, 0.1) is 12.6 Å². The van der Waals surface area contributed by atoms with E-state index < -0.39 is 36.4 Å². The Labute approximate surface area is 102 Å². The van der Waals surface area contributed by atoms with Crippen LogP contribution in [0.5, 0.6) is 0 Å². The maximum atomic E-state index is 13.0. The highest BCUT2D eigenvalue weighted by Gasteiger charge is 2.27. The van der Waals surface area contributed by atoms with Crippen LogP contribution in [0.25, 0.3) is 0 Å². The van der Waals surface area contributed by atoms with Gasteiger partial charge < -0.3 is 15.3 Å². The van der Waals surface area contributed by atoms with Gasteiger partial charge >= 0.3 is 11.9 Å². The number of hydrogen-bond donors (Lipinski definition) is 4. The molecule has 0 fully saturated rings. The zero-order chi connectivity index (χ0) is 13.7. The second-order valence-electron chi connectivity index (χ2n) is 3.59. The predicted molar refractivity (Wildman–Crippen MR) is 58.4 cm³/mol. The quantitative estimate of drug-likeness (QED) is 0.571. The van der Waals surface area contributed by atoms with Gasteiger partial charge in [-0.1, -0.05) is 12.1 Å². The Morgan fingerprint density at radius 3 is 2.50 bits per heavy atom. The number of carboxylic acid groups (broad SMARTS) is 2. The lowest BCUT2D eigenvalue weighted by atomic mass is 10.0. The van der Waals surface area contributed by atoms with Crippen molar-refractivity contribution in [1.29, 1.82) is 0 Å². The van der Waals surface area contributed by atoms with Gasteiger partial charge in [-0.05, 0) is 17.7 Å². The number of benzene rings is 1. The van der Waals surface area contributed by atoms with E-state index in [4.69, 9.17) is 10.2 Å². The van der Waals surface area contributed by atoms with Crippen LogP contribution < -0.4 is 5.32 Å². The predicted octanol–water partition coefficient (Wildman–Crippen LogP) is -0.0135. The Bertz CT molecular complexity index is 451. The summed E-state index contributed by atoms with van der Waals surface area (Å²) < 4.78 is 13.0. The number of nitrogens with one attached hydrogen (secondary N) is 1. The van der Waals surface area contributed by atoms with Crippen LogP contribution in [-0.2, 0) is 9.59 Å². The third-order valence-corrected chi connectivity index (χ3v) is 2.25. The normalized spacial score (nSPS) is 13.9. The second-order valence-corrected chi connectivity index (χ2v) is 3.59. The highest BCUT2D eigenvalue weighted by molar-refractivity contribution is 5.74. The Hall–Kier alpha value is -1.99. The van der Waals surface area contributed by atoms with Crippen LogP contribution in [0, 0.1) is 5.82 Å². The van der Waals surface area contributed by atoms with Gasteiger partial charge in [0.2, 0.25) is 0 Å². The van der Waals surface area contributed by atoms with Crippen LogP contribution in [0.2, 0.25) is 0 Å². The number of carbonyl (C=O) groups is 2. The third-order valence-electron chi connectivity index (χ3n) is 2.25. The fourth-order valence-corrected chi connectivity index (χ4v) is 1.45. The van der Waals surface area contributed by atoms with E-state index in [1.165, 1.54) is 12.1 Å². The van der Waals surface area contributed by atoms with E-state index in [1.54, 1.807) is 0 Å². The highest BCUT2D eigenvalue weighted by Crippen LogP contribution is 2.18. The number of hydrogen-bond acceptors (Lipinski definition) is 4. The average molecular weight is 257 g/mol. The van der Waals surface area contributed by atoms with Crippen LogP contribution in [0.15, 0.2) is 24.3 Å². The van der Waals surface area contributed by atoms with E-state index in [9.17, 15) is 19.1 Å². The second kappa shape index (κ2) is 6.08. The lowest BCUT2D eigenvalue weighted by Gasteiger charge is -2.21. The van der Waals surface area contributed by atoms with E-state index in [1.807, 2.05) is 0 Å². The molecule has 2 atom stereocenters.